The van der Waals surface area contributed by atoms with Crippen molar-refractivity contribution >= 4 is 18.0 Å². The summed E-state index contributed by atoms with van der Waals surface area (Å²) in [6, 6.07) is 0. The van der Waals surface area contributed by atoms with E-state index < -0.39 is 29.4 Å². The van der Waals surface area contributed by atoms with E-state index in [0.29, 0.717) is 25.2 Å². The van der Waals surface area contributed by atoms with Gasteiger partial charge in [-0.15, -0.1) is 4.33 Å². The van der Waals surface area contributed by atoms with E-state index in [1.165, 1.54) is 0 Å². The average Bonchev–Trinajstić information content (AvgIpc) is 2.39. The smallest absolute Gasteiger partial charge is 0.415 e. The molecule has 9 heteroatoms. The van der Waals surface area contributed by atoms with Crippen molar-refractivity contribution in [2.45, 2.75) is 43.5 Å². The van der Waals surface area contributed by atoms with Crippen molar-refractivity contribution in [3.05, 3.63) is 0 Å². The van der Waals surface area contributed by atoms with Gasteiger partial charge >= 0.3 is 11.2 Å². The number of aliphatic hydroxyl groups is 1. The van der Waals surface area contributed by atoms with E-state index in [1.54, 1.807) is 0 Å². The molecule has 0 aliphatic heterocycles. The predicted octanol–water partition coefficient (Wildman–Crippen LogP) is 2.13. The molecule has 0 unspecified atom stereocenters. The second-order valence-electron chi connectivity index (χ2n) is 4.30. The summed E-state index contributed by atoms with van der Waals surface area (Å²) in [7, 11) is 0. The minimum atomic E-state index is -3.94. The van der Waals surface area contributed by atoms with Crippen LogP contribution in [-0.4, -0.2) is 34.3 Å². The predicted molar refractivity (Wildman–Crippen MR) is 60.9 cm³/mol. The van der Waals surface area contributed by atoms with E-state index in [0.717, 1.165) is 12.8 Å². The number of alkyl halides is 2. The fourth-order valence-electron chi connectivity index (χ4n) is 2.03. The Morgan fingerprint density at radius 1 is 1.32 bits per heavy atom. The van der Waals surface area contributed by atoms with Crippen molar-refractivity contribution in [1.29, 1.82) is 0 Å². The van der Waals surface area contributed by atoms with Gasteiger partial charge in [0.15, 0.2) is 0 Å². The molecule has 1 rings (SSSR count). The third kappa shape index (κ3) is 5.57. The van der Waals surface area contributed by atoms with Gasteiger partial charge < -0.3 is 9.84 Å². The van der Waals surface area contributed by atoms with Gasteiger partial charge in [-0.1, -0.05) is 5.04 Å². The van der Waals surface area contributed by atoms with Crippen LogP contribution in [0.3, 0.4) is 0 Å². The molecule has 1 aliphatic carbocycles. The van der Waals surface area contributed by atoms with Crippen molar-refractivity contribution in [3.8, 4) is 0 Å². The summed E-state index contributed by atoms with van der Waals surface area (Å²) >= 11 is -0.629. The number of carbonyl (C=O) groups excluding carboxylic acids is 1. The minimum absolute atomic E-state index is 0.0995. The zero-order valence-electron chi connectivity index (χ0n) is 10.1. The normalized spacial score (nSPS) is 24.2. The number of esters is 1. The van der Waals surface area contributed by atoms with E-state index >= 15 is 0 Å². The number of ether oxygens (including phenoxy) is 1. The second kappa shape index (κ2) is 7.95. The largest absolute Gasteiger partial charge is 0.457 e. The van der Waals surface area contributed by atoms with E-state index in [1.807, 2.05) is 0 Å². The Kier molecular flexibility index (Phi) is 6.94. The maximum Gasteiger partial charge on any atom is 0.415 e. The van der Waals surface area contributed by atoms with Crippen molar-refractivity contribution in [1.82, 2.24) is 0 Å². The minimum Gasteiger partial charge on any atom is -0.457 e. The van der Waals surface area contributed by atoms with Gasteiger partial charge in [-0.05, 0) is 38.0 Å². The Bertz CT molecular complexity index is 283. The number of aliphatic hydroxyl groups excluding tert-OH is 1. The summed E-state index contributed by atoms with van der Waals surface area (Å²) in [5.74, 6) is -1.37. The summed E-state index contributed by atoms with van der Waals surface area (Å²) in [5.41, 5.74) is 0. The molecule has 0 radical (unpaired) electrons. The highest BCUT2D eigenvalue weighted by molar-refractivity contribution is 7.96. The molecule has 0 aromatic heterocycles. The van der Waals surface area contributed by atoms with Gasteiger partial charge in [-0.2, -0.15) is 8.78 Å². The van der Waals surface area contributed by atoms with E-state index in [-0.39, 0.29) is 6.61 Å². The van der Waals surface area contributed by atoms with Crippen molar-refractivity contribution in [3.63, 3.8) is 0 Å². The molecular formula is C10H16F2O6S. The molecule has 0 amide bonds. The summed E-state index contributed by atoms with van der Waals surface area (Å²) in [4.78, 5) is 11.2. The standard InChI is InChI=1S/C10H16F2O6S/c11-10(12,19-18-17-15)9(14)16-8-3-1-7(2-4-8)5-6-13/h7-8,13,15H,1-6H2. The van der Waals surface area contributed by atoms with Crippen LogP contribution >= 0.6 is 12.0 Å². The maximum atomic E-state index is 13.1. The summed E-state index contributed by atoms with van der Waals surface area (Å²) in [5, 5.41) is 15.6. The Morgan fingerprint density at radius 3 is 2.47 bits per heavy atom. The van der Waals surface area contributed by atoms with Gasteiger partial charge in [0.05, 0.1) is 0 Å². The quantitative estimate of drug-likeness (QED) is 0.322. The SMILES string of the molecule is O=C(OC1CCC(CCO)CC1)C(F)(F)SOOO. The zero-order valence-corrected chi connectivity index (χ0v) is 10.9. The molecule has 2 N–H and O–H groups in total. The topological polar surface area (TPSA) is 85.2 Å². The Hall–Kier alpha value is -0.480. The van der Waals surface area contributed by atoms with Gasteiger partial charge in [-0.25, -0.2) is 10.1 Å². The van der Waals surface area contributed by atoms with Crippen LogP contribution in [0.2, 0.25) is 0 Å². The monoisotopic (exact) mass is 302 g/mol. The van der Waals surface area contributed by atoms with E-state index in [4.69, 9.17) is 15.1 Å². The van der Waals surface area contributed by atoms with Crippen molar-refractivity contribution in [2.24, 2.45) is 5.92 Å². The van der Waals surface area contributed by atoms with Gasteiger partial charge in [0.25, 0.3) is 0 Å². The molecule has 112 valence electrons. The second-order valence-corrected chi connectivity index (χ2v) is 5.12. The lowest BCUT2D eigenvalue weighted by Gasteiger charge is -2.28. The van der Waals surface area contributed by atoms with Crippen LogP contribution < -0.4 is 0 Å². The van der Waals surface area contributed by atoms with Crippen LogP contribution in [0.1, 0.15) is 32.1 Å². The Morgan fingerprint density at radius 2 is 1.95 bits per heavy atom. The molecule has 1 saturated carbocycles. The summed E-state index contributed by atoms with van der Waals surface area (Å²) < 4.78 is 34.4. The lowest BCUT2D eigenvalue weighted by Crippen LogP contribution is -2.33. The van der Waals surface area contributed by atoms with Crippen molar-refractivity contribution < 1.29 is 38.0 Å². The van der Waals surface area contributed by atoms with E-state index in [2.05, 4.69) is 9.37 Å². The fourth-order valence-corrected chi connectivity index (χ4v) is 2.26. The number of halogens is 2. The molecule has 0 saturated heterocycles. The van der Waals surface area contributed by atoms with Crippen LogP contribution in [0.4, 0.5) is 8.78 Å². The Labute approximate surface area is 113 Å². The van der Waals surface area contributed by atoms with Gasteiger partial charge in [0.1, 0.15) is 18.1 Å². The van der Waals surface area contributed by atoms with Crippen LogP contribution in [-0.2, 0) is 18.9 Å². The van der Waals surface area contributed by atoms with Crippen LogP contribution in [0.15, 0.2) is 0 Å². The van der Waals surface area contributed by atoms with Crippen LogP contribution in [0, 0.1) is 5.92 Å². The van der Waals surface area contributed by atoms with Gasteiger partial charge in [-0.3, -0.25) is 0 Å². The molecule has 6 nitrogen and oxygen atoms in total. The lowest BCUT2D eigenvalue weighted by molar-refractivity contribution is -0.433. The third-order valence-corrected chi connectivity index (χ3v) is 3.52. The maximum absolute atomic E-state index is 13.1. The first-order valence-corrected chi connectivity index (χ1v) is 6.59. The van der Waals surface area contributed by atoms with Gasteiger partial charge in [0.2, 0.25) is 0 Å². The summed E-state index contributed by atoms with van der Waals surface area (Å²) in [6.07, 6.45) is 2.57. The van der Waals surface area contributed by atoms with Gasteiger partial charge in [0, 0.05) is 6.61 Å². The van der Waals surface area contributed by atoms with Crippen LogP contribution in [0.25, 0.3) is 0 Å². The number of hydrogen-bond donors (Lipinski definition) is 2. The summed E-state index contributed by atoms with van der Waals surface area (Å²) in [6.45, 7) is 0.0995. The molecule has 0 heterocycles. The lowest BCUT2D eigenvalue weighted by atomic mass is 9.85. The Balaban J connectivity index is 2.33. The molecule has 0 bridgehead atoms. The molecule has 1 aliphatic rings. The molecule has 0 atom stereocenters. The molecule has 19 heavy (non-hydrogen) atoms. The van der Waals surface area contributed by atoms with Crippen LogP contribution in [0.5, 0.6) is 0 Å². The molecule has 1 fully saturated rings. The highest BCUT2D eigenvalue weighted by Gasteiger charge is 2.45. The number of hydrogen-bond acceptors (Lipinski definition) is 7. The molecule has 0 spiro atoms. The first-order chi connectivity index (χ1) is 8.99. The molecule has 0 aromatic rings. The highest BCUT2D eigenvalue weighted by Crippen LogP contribution is 2.34. The number of carbonyl (C=O) groups is 1. The zero-order chi connectivity index (χ0) is 14.3. The first-order valence-electron chi connectivity index (χ1n) is 5.85. The highest BCUT2D eigenvalue weighted by atomic mass is 32.2. The van der Waals surface area contributed by atoms with Crippen molar-refractivity contribution in [2.75, 3.05) is 6.61 Å². The van der Waals surface area contributed by atoms with E-state index in [9.17, 15) is 13.6 Å². The molecular weight excluding hydrogens is 286 g/mol. The number of rotatable bonds is 7. The first kappa shape index (κ1) is 16.6. The molecule has 0 aromatic carbocycles. The fraction of sp³-hybridized carbons (Fsp3) is 0.900. The average molecular weight is 302 g/mol. The third-order valence-electron chi connectivity index (χ3n) is 3.01.